The number of fused-ring (bicyclic) bond motifs is 1. The fraction of sp³-hybridized carbons (Fsp3) is 0.0526. The van der Waals surface area contributed by atoms with Gasteiger partial charge in [0.25, 0.3) is 15.9 Å². The second-order valence-electron chi connectivity index (χ2n) is 6.20. The van der Waals surface area contributed by atoms with E-state index in [1.54, 1.807) is 54.7 Å². The Morgan fingerprint density at radius 3 is 2.59 bits per heavy atom. The second kappa shape index (κ2) is 6.40. The number of carbonyl (C=O) groups is 1. The number of anilines is 2. The first-order chi connectivity index (χ1) is 12.9. The van der Waals surface area contributed by atoms with Crippen LogP contribution in [0.25, 0.3) is 11.6 Å². The number of aryl methyl sites for hydroxylation is 1. The van der Waals surface area contributed by atoms with Gasteiger partial charge in [-0.15, -0.1) is 0 Å². The first kappa shape index (κ1) is 17.0. The molecule has 7 nitrogen and oxygen atoms in total. The summed E-state index contributed by atoms with van der Waals surface area (Å²) in [5.74, 6) is -0.252. The van der Waals surface area contributed by atoms with Gasteiger partial charge in [-0.05, 0) is 43.3 Å². The summed E-state index contributed by atoms with van der Waals surface area (Å²) in [6.07, 6.45) is 4.79. The maximum atomic E-state index is 12.6. The van der Waals surface area contributed by atoms with Gasteiger partial charge in [-0.2, -0.15) is 0 Å². The topological polar surface area (TPSA) is 104 Å². The third-order valence-corrected chi connectivity index (χ3v) is 5.60. The van der Waals surface area contributed by atoms with Gasteiger partial charge in [-0.1, -0.05) is 17.7 Å². The number of nitrogens with zero attached hydrogens (tertiary/aromatic N) is 1. The van der Waals surface area contributed by atoms with Crippen molar-refractivity contribution < 1.29 is 13.2 Å². The Bertz CT molecular complexity index is 1150. The van der Waals surface area contributed by atoms with Crippen LogP contribution in [-0.2, 0) is 14.8 Å². The first-order valence-electron chi connectivity index (χ1n) is 8.18. The standard InChI is InChI=1S/C19H16N4O3S/c1-12-2-5-15(6-3-12)27(25,26)23-13-4-7-18-16(8-13)17(19(24)22-18)9-14-10-20-11-21-14/h2-11,23H,1H3,(H,20,21)(H,22,24)/b17-9-. The number of aromatic amines is 1. The predicted octanol–water partition coefficient (Wildman–Crippen LogP) is 3.01. The number of hydrogen-bond acceptors (Lipinski definition) is 4. The lowest BCUT2D eigenvalue weighted by molar-refractivity contribution is -0.110. The number of H-pyrrole nitrogens is 1. The Labute approximate surface area is 156 Å². The molecule has 0 saturated carbocycles. The Hall–Kier alpha value is -3.39. The minimum atomic E-state index is -3.72. The molecule has 4 rings (SSSR count). The Morgan fingerprint density at radius 1 is 1.11 bits per heavy atom. The van der Waals surface area contributed by atoms with Crippen LogP contribution in [0.1, 0.15) is 16.8 Å². The molecule has 1 aliphatic heterocycles. The number of rotatable bonds is 4. The van der Waals surface area contributed by atoms with E-state index in [0.29, 0.717) is 28.2 Å². The van der Waals surface area contributed by atoms with Gasteiger partial charge in [0.05, 0.1) is 28.7 Å². The first-order valence-corrected chi connectivity index (χ1v) is 9.66. The number of amides is 1. The van der Waals surface area contributed by atoms with Gasteiger partial charge in [0, 0.05) is 16.9 Å². The van der Waals surface area contributed by atoms with Gasteiger partial charge >= 0.3 is 0 Å². The van der Waals surface area contributed by atoms with E-state index in [-0.39, 0.29) is 10.8 Å². The zero-order valence-corrected chi connectivity index (χ0v) is 15.2. The van der Waals surface area contributed by atoms with Gasteiger partial charge in [0.15, 0.2) is 0 Å². The highest BCUT2D eigenvalue weighted by Crippen LogP contribution is 2.35. The fourth-order valence-electron chi connectivity index (χ4n) is 2.83. The molecule has 3 aromatic rings. The van der Waals surface area contributed by atoms with E-state index < -0.39 is 10.0 Å². The average molecular weight is 380 g/mol. The average Bonchev–Trinajstić information content (AvgIpc) is 3.24. The van der Waals surface area contributed by atoms with Crippen molar-refractivity contribution in [2.45, 2.75) is 11.8 Å². The maximum absolute atomic E-state index is 12.6. The van der Waals surface area contributed by atoms with Crippen molar-refractivity contribution in [3.05, 3.63) is 71.8 Å². The van der Waals surface area contributed by atoms with Crippen molar-refractivity contribution in [2.75, 3.05) is 10.0 Å². The molecule has 0 unspecified atom stereocenters. The molecule has 1 amide bonds. The molecular formula is C19H16N4O3S. The summed E-state index contributed by atoms with van der Waals surface area (Å²) in [5, 5.41) is 2.77. The molecule has 0 atom stereocenters. The molecule has 0 saturated heterocycles. The zero-order chi connectivity index (χ0) is 19.0. The summed E-state index contributed by atoms with van der Waals surface area (Å²) in [4.78, 5) is 19.3. The number of nitrogens with one attached hydrogen (secondary N) is 3. The molecule has 8 heteroatoms. The van der Waals surface area contributed by atoms with E-state index in [0.717, 1.165) is 5.56 Å². The molecule has 0 aliphatic carbocycles. The predicted molar refractivity (Wildman–Crippen MR) is 104 cm³/mol. The molecule has 0 bridgehead atoms. The van der Waals surface area contributed by atoms with Crippen molar-refractivity contribution in [2.24, 2.45) is 0 Å². The van der Waals surface area contributed by atoms with Crippen LogP contribution in [-0.4, -0.2) is 24.3 Å². The van der Waals surface area contributed by atoms with Crippen molar-refractivity contribution in [1.29, 1.82) is 0 Å². The molecule has 1 aliphatic rings. The lowest BCUT2D eigenvalue weighted by Gasteiger charge is -2.10. The third kappa shape index (κ3) is 3.34. The maximum Gasteiger partial charge on any atom is 0.261 e. The molecule has 3 N–H and O–H groups in total. The molecule has 0 radical (unpaired) electrons. The van der Waals surface area contributed by atoms with E-state index >= 15 is 0 Å². The van der Waals surface area contributed by atoms with Crippen molar-refractivity contribution >= 4 is 39.0 Å². The molecular weight excluding hydrogens is 364 g/mol. The number of sulfonamides is 1. The molecule has 0 spiro atoms. The van der Waals surface area contributed by atoms with Crippen LogP contribution in [0, 0.1) is 6.92 Å². The van der Waals surface area contributed by atoms with Gasteiger partial charge in [-0.25, -0.2) is 13.4 Å². The molecule has 1 aromatic heterocycles. The number of aromatic nitrogens is 2. The van der Waals surface area contributed by atoms with Crippen LogP contribution in [0.4, 0.5) is 11.4 Å². The van der Waals surface area contributed by atoms with E-state index in [2.05, 4.69) is 20.0 Å². The van der Waals surface area contributed by atoms with Crippen LogP contribution in [0.15, 0.2) is 59.9 Å². The van der Waals surface area contributed by atoms with Crippen LogP contribution in [0.5, 0.6) is 0 Å². The Morgan fingerprint density at radius 2 is 1.89 bits per heavy atom. The van der Waals surface area contributed by atoms with Gasteiger partial charge < -0.3 is 10.3 Å². The summed E-state index contributed by atoms with van der Waals surface area (Å²) in [6.45, 7) is 1.89. The quantitative estimate of drug-likeness (QED) is 0.605. The van der Waals surface area contributed by atoms with Gasteiger partial charge in [-0.3, -0.25) is 9.52 Å². The Balaban J connectivity index is 1.68. The number of imidazole rings is 1. The summed E-state index contributed by atoms with van der Waals surface area (Å²) in [7, 11) is -3.72. The second-order valence-corrected chi connectivity index (χ2v) is 7.88. The highest BCUT2D eigenvalue weighted by atomic mass is 32.2. The SMILES string of the molecule is Cc1ccc(S(=O)(=O)Nc2ccc3c(c2)/C(=C/c2cnc[nH]2)C(=O)N3)cc1. The zero-order valence-electron chi connectivity index (χ0n) is 14.4. The van der Waals surface area contributed by atoms with E-state index in [1.807, 2.05) is 6.92 Å². The highest BCUT2D eigenvalue weighted by molar-refractivity contribution is 7.92. The molecule has 2 aromatic carbocycles. The van der Waals surface area contributed by atoms with Crippen LogP contribution < -0.4 is 10.0 Å². The van der Waals surface area contributed by atoms with Crippen molar-refractivity contribution in [3.8, 4) is 0 Å². The third-order valence-electron chi connectivity index (χ3n) is 4.21. The largest absolute Gasteiger partial charge is 0.345 e. The minimum absolute atomic E-state index is 0.177. The monoisotopic (exact) mass is 380 g/mol. The van der Waals surface area contributed by atoms with Gasteiger partial charge in [0.1, 0.15) is 0 Å². The highest BCUT2D eigenvalue weighted by Gasteiger charge is 2.25. The Kier molecular flexibility index (Phi) is 4.04. The normalized spacial score (nSPS) is 14.9. The van der Waals surface area contributed by atoms with E-state index in [9.17, 15) is 13.2 Å². The van der Waals surface area contributed by atoms with Crippen LogP contribution in [0.3, 0.4) is 0 Å². The van der Waals surface area contributed by atoms with Crippen molar-refractivity contribution in [1.82, 2.24) is 9.97 Å². The molecule has 2 heterocycles. The smallest absolute Gasteiger partial charge is 0.261 e. The number of benzene rings is 2. The lowest BCUT2D eigenvalue weighted by atomic mass is 10.1. The van der Waals surface area contributed by atoms with E-state index in [4.69, 9.17) is 0 Å². The minimum Gasteiger partial charge on any atom is -0.345 e. The number of carbonyl (C=O) groups excluding carboxylic acids is 1. The summed E-state index contributed by atoms with van der Waals surface area (Å²) < 4.78 is 27.8. The lowest BCUT2D eigenvalue weighted by Crippen LogP contribution is -2.13. The van der Waals surface area contributed by atoms with Gasteiger partial charge in [0.2, 0.25) is 0 Å². The summed E-state index contributed by atoms with van der Waals surface area (Å²) in [6, 6.07) is 11.5. The molecule has 0 fully saturated rings. The fourth-order valence-corrected chi connectivity index (χ4v) is 3.88. The molecule has 136 valence electrons. The van der Waals surface area contributed by atoms with E-state index in [1.165, 1.54) is 6.33 Å². The number of hydrogen-bond donors (Lipinski definition) is 3. The summed E-state index contributed by atoms with van der Waals surface area (Å²) >= 11 is 0. The van der Waals surface area contributed by atoms with Crippen molar-refractivity contribution in [3.63, 3.8) is 0 Å². The van der Waals surface area contributed by atoms with Crippen LogP contribution in [0.2, 0.25) is 0 Å². The summed E-state index contributed by atoms with van der Waals surface area (Å²) in [5.41, 5.74) is 3.72. The van der Waals surface area contributed by atoms with Crippen LogP contribution >= 0.6 is 0 Å². The molecule has 27 heavy (non-hydrogen) atoms.